The van der Waals surface area contributed by atoms with Gasteiger partial charge in [-0.15, -0.1) is 0 Å². The van der Waals surface area contributed by atoms with Gasteiger partial charge in [0.05, 0.1) is 26.2 Å². The smallest absolute Gasteiger partial charge is 0.364 e. The molecule has 0 aromatic rings. The summed E-state index contributed by atoms with van der Waals surface area (Å²) in [5.74, 6) is 0. The Labute approximate surface area is 145 Å². The summed E-state index contributed by atoms with van der Waals surface area (Å²) in [6.07, 6.45) is -1.19. The minimum absolute atomic E-state index is 0.153. The number of nitrogens with zero attached hydrogens (tertiary/aromatic N) is 1. The van der Waals surface area contributed by atoms with Crippen molar-refractivity contribution >= 4 is 10.1 Å². The van der Waals surface area contributed by atoms with Gasteiger partial charge in [0.25, 0.3) is 0 Å². The first-order valence-electron chi connectivity index (χ1n) is 8.80. The summed E-state index contributed by atoms with van der Waals surface area (Å²) in [5.41, 5.74) is 0. The van der Waals surface area contributed by atoms with Crippen LogP contribution >= 0.6 is 0 Å². The molecule has 0 aliphatic rings. The second-order valence-corrected chi connectivity index (χ2v) is 7.39. The van der Waals surface area contributed by atoms with Gasteiger partial charge in [-0.25, -0.2) is 12.8 Å². The summed E-state index contributed by atoms with van der Waals surface area (Å²) in [6, 6.07) is 0. The maximum Gasteiger partial charge on any atom is 0.364 e. The molecule has 0 spiro atoms. The molecule has 0 aromatic heterocycles. The first kappa shape index (κ1) is 25.9. The zero-order chi connectivity index (χ0) is 19.4. The first-order chi connectivity index (χ1) is 11.0. The molecule has 8 heteroatoms. The maximum atomic E-state index is 12.8. The minimum Gasteiger partial charge on any atom is -0.743 e. The van der Waals surface area contributed by atoms with Crippen LogP contribution in [0.15, 0.2) is 0 Å². The highest BCUT2D eigenvalue weighted by atomic mass is 32.2. The summed E-state index contributed by atoms with van der Waals surface area (Å²) in [6.45, 7) is 16.1. The highest BCUT2D eigenvalue weighted by Crippen LogP contribution is 2.30. The maximum absolute atomic E-state index is 12.8. The SMILES string of the molecule is CCCCCCC(F)C(F)(F)S(=O)(=O)[O-].CC[N+](CC)(CC)CC. The van der Waals surface area contributed by atoms with E-state index in [2.05, 4.69) is 27.7 Å². The summed E-state index contributed by atoms with van der Waals surface area (Å²) >= 11 is 0. The Hall–Kier alpha value is -0.340. The van der Waals surface area contributed by atoms with Crippen molar-refractivity contribution in [3.8, 4) is 0 Å². The molecule has 0 aliphatic carbocycles. The van der Waals surface area contributed by atoms with Crippen LogP contribution in [-0.4, -0.2) is 55.1 Å². The third-order valence-electron chi connectivity index (χ3n) is 4.69. The lowest BCUT2D eigenvalue weighted by Gasteiger charge is -2.34. The van der Waals surface area contributed by atoms with Gasteiger partial charge in [0, 0.05) is 0 Å². The number of rotatable bonds is 11. The van der Waals surface area contributed by atoms with Crippen LogP contribution in [0, 0.1) is 0 Å². The predicted octanol–water partition coefficient (Wildman–Crippen LogP) is 4.32. The largest absolute Gasteiger partial charge is 0.743 e. The van der Waals surface area contributed by atoms with E-state index in [4.69, 9.17) is 0 Å². The third-order valence-corrected chi connectivity index (χ3v) is 5.61. The van der Waals surface area contributed by atoms with E-state index < -0.39 is 28.0 Å². The van der Waals surface area contributed by atoms with Crippen LogP contribution in [0.4, 0.5) is 13.2 Å². The Morgan fingerprint density at radius 1 is 0.917 bits per heavy atom. The molecule has 0 heterocycles. The van der Waals surface area contributed by atoms with Gasteiger partial charge in [0.1, 0.15) is 0 Å². The van der Waals surface area contributed by atoms with E-state index in [1.165, 1.54) is 30.7 Å². The Morgan fingerprint density at radius 2 is 1.33 bits per heavy atom. The van der Waals surface area contributed by atoms with Crippen LogP contribution in [0.5, 0.6) is 0 Å². The van der Waals surface area contributed by atoms with Crippen molar-refractivity contribution in [1.82, 2.24) is 0 Å². The van der Waals surface area contributed by atoms with Crippen LogP contribution in [0.25, 0.3) is 0 Å². The van der Waals surface area contributed by atoms with Gasteiger partial charge >= 0.3 is 5.25 Å². The van der Waals surface area contributed by atoms with Gasteiger partial charge in [-0.3, -0.25) is 0 Å². The van der Waals surface area contributed by atoms with Crippen LogP contribution in [0.2, 0.25) is 0 Å². The molecule has 4 nitrogen and oxygen atoms in total. The molecule has 0 rings (SSSR count). The Bertz CT molecular complexity index is 395. The van der Waals surface area contributed by atoms with E-state index in [-0.39, 0.29) is 6.42 Å². The van der Waals surface area contributed by atoms with Crippen molar-refractivity contribution in [3.63, 3.8) is 0 Å². The van der Waals surface area contributed by atoms with Gasteiger partial charge in [-0.1, -0.05) is 32.6 Å². The van der Waals surface area contributed by atoms with Crippen LogP contribution < -0.4 is 0 Å². The van der Waals surface area contributed by atoms with E-state index in [0.29, 0.717) is 6.42 Å². The molecule has 24 heavy (non-hydrogen) atoms. The fourth-order valence-corrected chi connectivity index (χ4v) is 2.85. The number of hydrogen-bond acceptors (Lipinski definition) is 3. The summed E-state index contributed by atoms with van der Waals surface area (Å²) in [4.78, 5) is 0. The molecule has 0 saturated carbocycles. The fraction of sp³-hybridized carbons (Fsp3) is 1.00. The third kappa shape index (κ3) is 8.67. The topological polar surface area (TPSA) is 57.2 Å². The summed E-state index contributed by atoms with van der Waals surface area (Å²) in [7, 11) is -5.90. The van der Waals surface area contributed by atoms with E-state index in [1.54, 1.807) is 0 Å². The molecule has 0 aliphatic heterocycles. The zero-order valence-electron chi connectivity index (χ0n) is 15.7. The molecule has 1 atom stereocenters. The molecule has 0 bridgehead atoms. The molecule has 1 unspecified atom stereocenters. The monoisotopic (exact) mass is 377 g/mol. The molecule has 0 aromatic carbocycles. The Kier molecular flexibility index (Phi) is 13.0. The van der Waals surface area contributed by atoms with Crippen LogP contribution in [0.1, 0.15) is 66.7 Å². The van der Waals surface area contributed by atoms with Gasteiger partial charge in [-0.05, 0) is 34.1 Å². The van der Waals surface area contributed by atoms with E-state index in [0.717, 1.165) is 12.8 Å². The standard InChI is InChI=1S/C8H15F3O3S.C8H20N/c1-2-3-4-5-6-7(9)8(10,11)15(12,13)14;1-5-9(6-2,7-3)8-4/h7H,2-6H2,1H3,(H,12,13,14);5-8H2,1-4H3/q;+1/p-1. The number of halogens is 3. The molecule has 0 radical (unpaired) electrons. The van der Waals surface area contributed by atoms with Gasteiger partial charge in [0.2, 0.25) is 0 Å². The lowest BCUT2D eigenvalue weighted by atomic mass is 10.1. The highest BCUT2D eigenvalue weighted by molar-refractivity contribution is 7.86. The minimum atomic E-state index is -5.90. The first-order valence-corrected chi connectivity index (χ1v) is 10.2. The van der Waals surface area contributed by atoms with Crippen molar-refractivity contribution in [2.45, 2.75) is 78.1 Å². The molecule has 0 saturated heterocycles. The fourth-order valence-electron chi connectivity index (χ4n) is 2.42. The van der Waals surface area contributed by atoms with Crippen molar-refractivity contribution in [2.75, 3.05) is 26.2 Å². The highest BCUT2D eigenvalue weighted by Gasteiger charge is 2.46. The Balaban J connectivity index is 0. The molecule has 0 fully saturated rings. The van der Waals surface area contributed by atoms with E-state index in [9.17, 15) is 26.1 Å². The lowest BCUT2D eigenvalue weighted by molar-refractivity contribution is -0.921. The van der Waals surface area contributed by atoms with Gasteiger partial charge in [0.15, 0.2) is 16.3 Å². The summed E-state index contributed by atoms with van der Waals surface area (Å²) in [5, 5.41) is -4.81. The molecule has 0 N–H and O–H groups in total. The van der Waals surface area contributed by atoms with Crippen LogP contribution in [0.3, 0.4) is 0 Å². The molecular weight excluding hydrogens is 343 g/mol. The normalized spacial score (nSPS) is 14.0. The predicted molar refractivity (Wildman–Crippen MR) is 90.7 cm³/mol. The molecular formula is C16H34F3NO3S. The average Bonchev–Trinajstić information content (AvgIpc) is 2.53. The van der Waals surface area contributed by atoms with Crippen molar-refractivity contribution < 1.29 is 30.6 Å². The van der Waals surface area contributed by atoms with E-state index in [1.807, 2.05) is 6.92 Å². The second-order valence-electron chi connectivity index (χ2n) is 5.94. The van der Waals surface area contributed by atoms with Crippen molar-refractivity contribution in [3.05, 3.63) is 0 Å². The Morgan fingerprint density at radius 3 is 1.58 bits per heavy atom. The number of unbranched alkanes of at least 4 members (excludes halogenated alkanes) is 3. The molecule has 148 valence electrons. The van der Waals surface area contributed by atoms with Crippen molar-refractivity contribution in [1.29, 1.82) is 0 Å². The van der Waals surface area contributed by atoms with Gasteiger partial charge in [-0.2, -0.15) is 8.78 Å². The van der Waals surface area contributed by atoms with Crippen LogP contribution in [-0.2, 0) is 10.1 Å². The lowest BCUT2D eigenvalue weighted by Crippen LogP contribution is -2.47. The zero-order valence-corrected chi connectivity index (χ0v) is 16.5. The van der Waals surface area contributed by atoms with E-state index >= 15 is 0 Å². The average molecular weight is 378 g/mol. The van der Waals surface area contributed by atoms with Gasteiger partial charge < -0.3 is 9.04 Å². The number of alkyl halides is 3. The number of quaternary nitrogens is 1. The van der Waals surface area contributed by atoms with Crippen molar-refractivity contribution in [2.24, 2.45) is 0 Å². The number of hydrogen-bond donors (Lipinski definition) is 0. The second kappa shape index (κ2) is 12.1. The molecule has 0 amide bonds. The quantitative estimate of drug-likeness (QED) is 0.306. The summed E-state index contributed by atoms with van der Waals surface area (Å²) < 4.78 is 69.3.